The van der Waals surface area contributed by atoms with Crippen LogP contribution in [-0.4, -0.2) is 17.9 Å². The molecular weight excluding hydrogens is 400 g/mol. The van der Waals surface area contributed by atoms with E-state index in [2.05, 4.69) is 17.6 Å². The first-order chi connectivity index (χ1) is 15.3. The average Bonchev–Trinajstić information content (AvgIpc) is 2.77. The predicted octanol–water partition coefficient (Wildman–Crippen LogP) is 5.83. The Morgan fingerprint density at radius 2 is 1.62 bits per heavy atom. The van der Waals surface area contributed by atoms with E-state index in [1.54, 1.807) is 31.2 Å². The number of benzene rings is 3. The van der Waals surface area contributed by atoms with E-state index in [0.717, 1.165) is 40.0 Å². The molecule has 0 aliphatic heterocycles. The zero-order valence-corrected chi connectivity index (χ0v) is 19.3. The lowest BCUT2D eigenvalue weighted by Gasteiger charge is -2.18. The Morgan fingerprint density at radius 3 is 2.28 bits per heavy atom. The number of anilines is 2. The number of amides is 2. The van der Waals surface area contributed by atoms with Crippen molar-refractivity contribution in [1.82, 2.24) is 0 Å². The average molecular weight is 431 g/mol. The van der Waals surface area contributed by atoms with Crippen LogP contribution in [0.2, 0.25) is 0 Å². The van der Waals surface area contributed by atoms with E-state index >= 15 is 0 Å². The molecule has 1 unspecified atom stereocenters. The van der Waals surface area contributed by atoms with Crippen molar-refractivity contribution in [2.75, 3.05) is 10.6 Å². The van der Waals surface area contributed by atoms with E-state index in [4.69, 9.17) is 4.74 Å². The highest BCUT2D eigenvalue weighted by molar-refractivity contribution is 6.04. The molecule has 3 aromatic rings. The summed E-state index contributed by atoms with van der Waals surface area (Å²) >= 11 is 0. The molecule has 0 radical (unpaired) electrons. The maximum Gasteiger partial charge on any atom is 0.265 e. The fraction of sp³-hybridized carbons (Fsp3) is 0.259. The van der Waals surface area contributed by atoms with Gasteiger partial charge in [0.25, 0.3) is 11.8 Å². The van der Waals surface area contributed by atoms with Gasteiger partial charge < -0.3 is 15.4 Å². The third-order valence-corrected chi connectivity index (χ3v) is 5.42. The third-order valence-electron chi connectivity index (χ3n) is 5.42. The van der Waals surface area contributed by atoms with Crippen molar-refractivity contribution in [1.29, 1.82) is 0 Å². The van der Waals surface area contributed by atoms with Crippen LogP contribution in [0.5, 0.6) is 5.75 Å². The lowest BCUT2D eigenvalue weighted by Crippen LogP contribution is -2.30. The molecule has 0 fully saturated rings. The molecule has 3 rings (SSSR count). The van der Waals surface area contributed by atoms with Gasteiger partial charge in [-0.3, -0.25) is 9.59 Å². The lowest BCUT2D eigenvalue weighted by atomic mass is 10.1. The maximum atomic E-state index is 12.7. The SMILES string of the molecule is CCc1cccc(C)c1NC(=O)C(C)Oc1ccc(C(=O)Nc2ccc(C)cc2C)cc1. The third kappa shape index (κ3) is 5.55. The second-order valence-corrected chi connectivity index (χ2v) is 8.01. The molecule has 0 spiro atoms. The Balaban J connectivity index is 1.62. The first kappa shape index (κ1) is 23.1. The summed E-state index contributed by atoms with van der Waals surface area (Å²) in [4.78, 5) is 25.2. The van der Waals surface area contributed by atoms with Crippen LogP contribution in [-0.2, 0) is 11.2 Å². The van der Waals surface area contributed by atoms with Crippen molar-refractivity contribution in [3.63, 3.8) is 0 Å². The van der Waals surface area contributed by atoms with Crippen LogP contribution in [0.4, 0.5) is 11.4 Å². The van der Waals surface area contributed by atoms with Crippen LogP contribution >= 0.6 is 0 Å². The van der Waals surface area contributed by atoms with Crippen molar-refractivity contribution in [3.05, 3.63) is 88.5 Å². The van der Waals surface area contributed by atoms with Gasteiger partial charge in [-0.15, -0.1) is 0 Å². The first-order valence-corrected chi connectivity index (χ1v) is 10.8. The molecule has 1 atom stereocenters. The van der Waals surface area contributed by atoms with Gasteiger partial charge in [0.1, 0.15) is 5.75 Å². The molecule has 5 nitrogen and oxygen atoms in total. The molecule has 0 bridgehead atoms. The van der Waals surface area contributed by atoms with Crippen LogP contribution in [0.25, 0.3) is 0 Å². The molecule has 32 heavy (non-hydrogen) atoms. The number of ether oxygens (including phenoxy) is 1. The number of hydrogen-bond donors (Lipinski definition) is 2. The summed E-state index contributed by atoms with van der Waals surface area (Å²) in [6.07, 6.45) is 0.146. The quantitative estimate of drug-likeness (QED) is 0.495. The predicted molar refractivity (Wildman–Crippen MR) is 130 cm³/mol. The zero-order chi connectivity index (χ0) is 23.3. The van der Waals surface area contributed by atoms with E-state index in [0.29, 0.717) is 11.3 Å². The topological polar surface area (TPSA) is 67.4 Å². The van der Waals surface area contributed by atoms with Gasteiger partial charge in [0.2, 0.25) is 0 Å². The fourth-order valence-electron chi connectivity index (χ4n) is 3.52. The van der Waals surface area contributed by atoms with Crippen LogP contribution < -0.4 is 15.4 Å². The summed E-state index contributed by atoms with van der Waals surface area (Å²) in [5.74, 6) is 0.114. The summed E-state index contributed by atoms with van der Waals surface area (Å²) in [6, 6.07) is 18.6. The molecular formula is C27H30N2O3. The summed E-state index contributed by atoms with van der Waals surface area (Å²) in [5.41, 5.74) is 6.41. The Kier molecular flexibility index (Phi) is 7.31. The largest absolute Gasteiger partial charge is 0.481 e. The number of rotatable bonds is 7. The van der Waals surface area contributed by atoms with Crippen LogP contribution in [0.15, 0.2) is 60.7 Å². The van der Waals surface area contributed by atoms with Gasteiger partial charge in [-0.05, 0) is 81.1 Å². The first-order valence-electron chi connectivity index (χ1n) is 10.8. The molecule has 3 aromatic carbocycles. The lowest BCUT2D eigenvalue weighted by molar-refractivity contribution is -0.122. The minimum Gasteiger partial charge on any atom is -0.481 e. The highest BCUT2D eigenvalue weighted by Crippen LogP contribution is 2.22. The number of aryl methyl sites for hydroxylation is 4. The zero-order valence-electron chi connectivity index (χ0n) is 19.3. The van der Waals surface area contributed by atoms with E-state index in [-0.39, 0.29) is 11.8 Å². The molecule has 5 heteroatoms. The second kappa shape index (κ2) is 10.1. The van der Waals surface area contributed by atoms with Gasteiger partial charge in [-0.1, -0.05) is 42.8 Å². The summed E-state index contributed by atoms with van der Waals surface area (Å²) < 4.78 is 5.80. The van der Waals surface area contributed by atoms with E-state index < -0.39 is 6.10 Å². The number of nitrogens with one attached hydrogen (secondary N) is 2. The van der Waals surface area contributed by atoms with Crippen LogP contribution in [0.3, 0.4) is 0 Å². The van der Waals surface area contributed by atoms with E-state index in [1.165, 1.54) is 0 Å². The Labute approximate surface area is 189 Å². The summed E-state index contributed by atoms with van der Waals surface area (Å²) in [5, 5.41) is 5.92. The van der Waals surface area contributed by atoms with Crippen molar-refractivity contribution in [3.8, 4) is 5.75 Å². The molecule has 2 amide bonds. The van der Waals surface area contributed by atoms with Crippen molar-refractivity contribution < 1.29 is 14.3 Å². The number of hydrogen-bond acceptors (Lipinski definition) is 3. The van der Waals surface area contributed by atoms with Crippen LogP contribution in [0, 0.1) is 20.8 Å². The monoisotopic (exact) mass is 430 g/mol. The highest BCUT2D eigenvalue weighted by Gasteiger charge is 2.17. The smallest absolute Gasteiger partial charge is 0.265 e. The van der Waals surface area contributed by atoms with Crippen LogP contribution in [0.1, 0.15) is 46.5 Å². The highest BCUT2D eigenvalue weighted by atomic mass is 16.5. The molecule has 0 saturated heterocycles. The molecule has 0 aliphatic rings. The van der Waals surface area contributed by atoms with Gasteiger partial charge in [-0.25, -0.2) is 0 Å². The van der Waals surface area contributed by atoms with Crippen molar-refractivity contribution in [2.24, 2.45) is 0 Å². The van der Waals surface area contributed by atoms with E-state index in [1.807, 2.05) is 57.2 Å². The minimum atomic E-state index is -0.686. The maximum absolute atomic E-state index is 12.7. The van der Waals surface area contributed by atoms with E-state index in [9.17, 15) is 9.59 Å². The fourth-order valence-corrected chi connectivity index (χ4v) is 3.52. The molecule has 0 saturated carbocycles. The van der Waals surface area contributed by atoms with Gasteiger partial charge in [-0.2, -0.15) is 0 Å². The van der Waals surface area contributed by atoms with Crippen molar-refractivity contribution >= 4 is 23.2 Å². The molecule has 0 aromatic heterocycles. The molecule has 2 N–H and O–H groups in total. The number of carbonyl (C=O) groups is 2. The van der Waals surface area contributed by atoms with Gasteiger partial charge in [0.15, 0.2) is 6.10 Å². The standard InChI is InChI=1S/C27H30N2O3/c1-6-21-9-7-8-18(3)25(21)29-26(30)20(5)32-23-13-11-22(12-14-23)27(31)28-24-15-10-17(2)16-19(24)4/h7-16,20H,6H2,1-5H3,(H,28,31)(H,29,30). The summed E-state index contributed by atoms with van der Waals surface area (Å²) in [7, 11) is 0. The Hall–Kier alpha value is -3.60. The molecule has 0 aliphatic carbocycles. The molecule has 166 valence electrons. The second-order valence-electron chi connectivity index (χ2n) is 8.01. The minimum absolute atomic E-state index is 0.194. The number of carbonyl (C=O) groups excluding carboxylic acids is 2. The molecule has 0 heterocycles. The normalized spacial score (nSPS) is 11.5. The van der Waals surface area contributed by atoms with Crippen molar-refractivity contribution in [2.45, 2.75) is 47.1 Å². The summed E-state index contributed by atoms with van der Waals surface area (Å²) in [6.45, 7) is 9.72. The van der Waals surface area contributed by atoms with Gasteiger partial charge >= 0.3 is 0 Å². The van der Waals surface area contributed by atoms with Gasteiger partial charge in [0, 0.05) is 16.9 Å². The van der Waals surface area contributed by atoms with Gasteiger partial charge in [0.05, 0.1) is 0 Å². The number of para-hydroxylation sites is 1. The Bertz CT molecular complexity index is 1120. The Morgan fingerprint density at radius 1 is 0.906 bits per heavy atom.